The van der Waals surface area contributed by atoms with Crippen LogP contribution < -0.4 is 9.62 Å². The van der Waals surface area contributed by atoms with Gasteiger partial charge in [-0.3, -0.25) is 4.31 Å². The van der Waals surface area contributed by atoms with E-state index in [0.717, 1.165) is 37.6 Å². The number of benzene rings is 2. The van der Waals surface area contributed by atoms with Gasteiger partial charge in [0, 0.05) is 5.56 Å². The van der Waals surface area contributed by atoms with Gasteiger partial charge < -0.3 is 10.1 Å². The highest BCUT2D eigenvalue weighted by molar-refractivity contribution is 7.92. The Bertz CT molecular complexity index is 1000. The lowest BCUT2D eigenvalue weighted by Crippen LogP contribution is -2.32. The third kappa shape index (κ3) is 4.99. The average molecular weight is 435 g/mol. The van der Waals surface area contributed by atoms with Crippen molar-refractivity contribution in [3.63, 3.8) is 0 Å². The molecule has 1 aliphatic rings. The average Bonchev–Trinajstić information content (AvgIpc) is 2.78. The van der Waals surface area contributed by atoms with E-state index in [1.54, 1.807) is 13.0 Å². The van der Waals surface area contributed by atoms with Crippen LogP contribution in [0.2, 0.25) is 0 Å². The van der Waals surface area contributed by atoms with Crippen LogP contribution in [0.1, 0.15) is 47.2 Å². The van der Waals surface area contributed by atoms with E-state index in [0.29, 0.717) is 11.6 Å². The lowest BCUT2D eigenvalue weighted by molar-refractivity contribution is 0.0600. The molecular weight excluding hydrogens is 407 g/mol. The number of sulfonamides is 1. The molecule has 2 aromatic rings. The molecule has 3 rings (SSSR count). The summed E-state index contributed by atoms with van der Waals surface area (Å²) < 4.78 is 46.2. The Morgan fingerprint density at radius 3 is 2.57 bits per heavy atom. The van der Waals surface area contributed by atoms with Gasteiger partial charge in [-0.1, -0.05) is 18.2 Å². The zero-order valence-electron chi connectivity index (χ0n) is 17.2. The number of carbonyl (C=O) groups excluding carboxylic acids is 1. The van der Waals surface area contributed by atoms with Crippen molar-refractivity contribution in [2.45, 2.75) is 32.2 Å². The highest BCUT2D eigenvalue weighted by Gasteiger charge is 2.24. The van der Waals surface area contributed by atoms with Crippen LogP contribution in [0.25, 0.3) is 0 Å². The first-order valence-corrected chi connectivity index (χ1v) is 11.6. The van der Waals surface area contributed by atoms with Crippen molar-refractivity contribution in [1.82, 2.24) is 5.32 Å². The molecule has 0 aromatic heterocycles. The first-order chi connectivity index (χ1) is 14.4. The third-order valence-electron chi connectivity index (χ3n) is 5.46. The molecule has 1 fully saturated rings. The number of piperidine rings is 1. The summed E-state index contributed by atoms with van der Waals surface area (Å²) in [6, 6.07) is 11.4. The van der Waals surface area contributed by atoms with Crippen LogP contribution in [0.5, 0.6) is 0 Å². The van der Waals surface area contributed by atoms with Crippen LogP contribution in [-0.4, -0.2) is 40.3 Å². The number of nitrogens with zero attached hydrogens (tertiary/aromatic N) is 1. The molecule has 0 spiro atoms. The molecule has 0 radical (unpaired) electrons. The van der Waals surface area contributed by atoms with Gasteiger partial charge in [-0.25, -0.2) is 17.6 Å². The molecule has 30 heavy (non-hydrogen) atoms. The van der Waals surface area contributed by atoms with Crippen molar-refractivity contribution in [2.24, 2.45) is 0 Å². The second-order valence-electron chi connectivity index (χ2n) is 7.32. The number of nitrogens with one attached hydrogen (secondary N) is 1. The Balaban J connectivity index is 1.94. The minimum atomic E-state index is -3.64. The number of methoxy groups -OCH3 is 1. The summed E-state index contributed by atoms with van der Waals surface area (Å²) in [5.41, 5.74) is 1.87. The van der Waals surface area contributed by atoms with E-state index in [4.69, 9.17) is 0 Å². The lowest BCUT2D eigenvalue weighted by atomic mass is 9.90. The summed E-state index contributed by atoms with van der Waals surface area (Å²) >= 11 is 0. The van der Waals surface area contributed by atoms with Crippen molar-refractivity contribution in [1.29, 1.82) is 0 Å². The second-order valence-corrected chi connectivity index (χ2v) is 9.51. The van der Waals surface area contributed by atoms with E-state index in [1.807, 2.05) is 18.2 Å². The molecule has 0 atom stereocenters. The molecule has 0 saturated carbocycles. The van der Waals surface area contributed by atoms with E-state index in [-0.39, 0.29) is 23.4 Å². The van der Waals surface area contributed by atoms with E-state index in [9.17, 15) is 17.6 Å². The van der Waals surface area contributed by atoms with Crippen molar-refractivity contribution in [3.05, 3.63) is 65.0 Å². The Labute approximate surface area is 177 Å². The zero-order chi connectivity index (χ0) is 21.7. The van der Waals surface area contributed by atoms with E-state index < -0.39 is 21.8 Å². The first kappa shape index (κ1) is 22.2. The van der Waals surface area contributed by atoms with Crippen LogP contribution in [0, 0.1) is 5.82 Å². The van der Waals surface area contributed by atoms with Crippen LogP contribution in [0.15, 0.2) is 42.5 Å². The smallest absolute Gasteiger partial charge is 0.337 e. The summed E-state index contributed by atoms with van der Waals surface area (Å²) in [6.07, 6.45) is 1.99. The van der Waals surface area contributed by atoms with Crippen molar-refractivity contribution in [2.75, 3.05) is 30.3 Å². The zero-order valence-corrected chi connectivity index (χ0v) is 18.0. The monoisotopic (exact) mass is 434 g/mol. The summed E-state index contributed by atoms with van der Waals surface area (Å²) in [6.45, 7) is 3.28. The number of hydrogen-bond acceptors (Lipinski definition) is 5. The molecular formula is C22H27FN2O4S. The molecule has 0 aliphatic carbocycles. The summed E-state index contributed by atoms with van der Waals surface area (Å²) in [5.74, 6) is -1.03. The van der Waals surface area contributed by atoms with Gasteiger partial charge >= 0.3 is 5.97 Å². The van der Waals surface area contributed by atoms with Gasteiger partial charge in [0.2, 0.25) is 10.0 Å². The van der Waals surface area contributed by atoms with Gasteiger partial charge in [-0.15, -0.1) is 0 Å². The van der Waals surface area contributed by atoms with Crippen LogP contribution >= 0.6 is 0 Å². The Hall–Kier alpha value is -2.45. The number of carbonyl (C=O) groups is 1. The van der Waals surface area contributed by atoms with Gasteiger partial charge in [0.15, 0.2) is 0 Å². The minimum Gasteiger partial charge on any atom is -0.465 e. The largest absolute Gasteiger partial charge is 0.465 e. The van der Waals surface area contributed by atoms with Gasteiger partial charge in [0.1, 0.15) is 5.82 Å². The van der Waals surface area contributed by atoms with E-state index in [1.165, 1.54) is 23.5 Å². The number of halogens is 1. The molecule has 1 heterocycles. The predicted octanol–water partition coefficient (Wildman–Crippen LogP) is 3.44. The van der Waals surface area contributed by atoms with Crippen LogP contribution in [0.3, 0.4) is 0 Å². The SMILES string of the molecule is CCS(=O)(=O)N(Cc1ccc(C(=O)OC)cc1F)c1cccc(C2CCNCC2)c1. The highest BCUT2D eigenvalue weighted by atomic mass is 32.2. The van der Waals surface area contributed by atoms with Gasteiger partial charge in [-0.2, -0.15) is 0 Å². The van der Waals surface area contributed by atoms with Gasteiger partial charge in [0.25, 0.3) is 0 Å². The standard InChI is InChI=1S/C22H27FN2O4S/c1-3-30(27,28)25(15-19-8-7-18(14-21(19)23)22(26)29-2)20-6-4-5-17(13-20)16-9-11-24-12-10-16/h4-8,13-14,16,24H,3,9-12,15H2,1-2H3. The maximum atomic E-state index is 14.6. The molecule has 6 nitrogen and oxygen atoms in total. The minimum absolute atomic E-state index is 0.0801. The first-order valence-electron chi connectivity index (χ1n) is 10.0. The number of esters is 1. The maximum absolute atomic E-state index is 14.6. The summed E-state index contributed by atoms with van der Waals surface area (Å²) in [4.78, 5) is 11.6. The van der Waals surface area contributed by atoms with Crippen molar-refractivity contribution in [3.8, 4) is 0 Å². The number of rotatable bonds is 7. The molecule has 0 amide bonds. The fraction of sp³-hybridized carbons (Fsp3) is 0.409. The fourth-order valence-electron chi connectivity index (χ4n) is 3.67. The quantitative estimate of drug-likeness (QED) is 0.676. The summed E-state index contributed by atoms with van der Waals surface area (Å²) in [5, 5.41) is 3.33. The van der Waals surface area contributed by atoms with Crippen LogP contribution in [0.4, 0.5) is 10.1 Å². The van der Waals surface area contributed by atoms with Gasteiger partial charge in [0.05, 0.1) is 30.7 Å². The van der Waals surface area contributed by atoms with E-state index in [2.05, 4.69) is 10.1 Å². The molecule has 0 bridgehead atoms. The Morgan fingerprint density at radius 2 is 1.93 bits per heavy atom. The molecule has 8 heteroatoms. The Kier molecular flexibility index (Phi) is 7.10. The van der Waals surface area contributed by atoms with Crippen LogP contribution in [-0.2, 0) is 21.3 Å². The predicted molar refractivity (Wildman–Crippen MR) is 115 cm³/mol. The molecule has 1 saturated heterocycles. The third-order valence-corrected chi connectivity index (χ3v) is 7.20. The topological polar surface area (TPSA) is 75.7 Å². The normalized spacial score (nSPS) is 15.0. The number of anilines is 1. The number of ether oxygens (including phenoxy) is 1. The molecule has 2 aromatic carbocycles. The van der Waals surface area contributed by atoms with Crippen molar-refractivity contribution < 1.29 is 22.3 Å². The maximum Gasteiger partial charge on any atom is 0.337 e. The molecule has 1 aliphatic heterocycles. The lowest BCUT2D eigenvalue weighted by Gasteiger charge is -2.27. The van der Waals surface area contributed by atoms with Crippen molar-refractivity contribution >= 4 is 21.7 Å². The summed E-state index contributed by atoms with van der Waals surface area (Å²) in [7, 11) is -2.42. The molecule has 0 unspecified atom stereocenters. The highest BCUT2D eigenvalue weighted by Crippen LogP contribution is 2.30. The Morgan fingerprint density at radius 1 is 1.20 bits per heavy atom. The number of hydrogen-bond donors (Lipinski definition) is 1. The second kappa shape index (κ2) is 9.57. The molecule has 162 valence electrons. The van der Waals surface area contributed by atoms with Gasteiger partial charge in [-0.05, 0) is 68.6 Å². The van der Waals surface area contributed by atoms with E-state index >= 15 is 0 Å². The molecule has 1 N–H and O–H groups in total. The fourth-order valence-corrected chi connectivity index (χ4v) is 4.75.